The Hall–Kier alpha value is -2.93. The summed E-state index contributed by atoms with van der Waals surface area (Å²) in [5.74, 6) is 6.50. The quantitative estimate of drug-likeness (QED) is 0.226. The lowest BCUT2D eigenvalue weighted by molar-refractivity contribution is 0.489. The fraction of sp³-hybridized carbons (Fsp3) is 0.125. The Bertz CT molecular complexity index is 1100. The van der Waals surface area contributed by atoms with Crippen molar-refractivity contribution in [1.82, 2.24) is 9.97 Å². The number of benzene rings is 1. The van der Waals surface area contributed by atoms with Gasteiger partial charge in [-0.05, 0) is 35.6 Å². The number of thiophene rings is 1. The molecule has 1 aromatic carbocycles. The maximum atomic E-state index is 11.0. The van der Waals surface area contributed by atoms with Crippen molar-refractivity contribution in [1.29, 1.82) is 0 Å². The molecule has 0 aliphatic heterocycles. The van der Waals surface area contributed by atoms with E-state index in [4.69, 9.17) is 21.9 Å². The van der Waals surface area contributed by atoms with Crippen molar-refractivity contribution in [2.45, 2.75) is 13.5 Å². The molecule has 0 unspecified atom stereocenters. The second-order valence-electron chi connectivity index (χ2n) is 6.00. The van der Waals surface area contributed by atoms with E-state index in [9.17, 15) is 8.42 Å². The molecule has 3 aromatic rings. The summed E-state index contributed by atoms with van der Waals surface area (Å²) in [5, 5.41) is 3.24. The zero-order valence-corrected chi connectivity index (χ0v) is 16.5. The molecule has 0 amide bonds. The van der Waals surface area contributed by atoms with E-state index in [0.717, 1.165) is 10.4 Å². The molecule has 12 heteroatoms. The molecule has 0 aliphatic rings. The van der Waals surface area contributed by atoms with Gasteiger partial charge in [0, 0.05) is 0 Å². The van der Waals surface area contributed by atoms with Crippen LogP contribution in [-0.2, 0) is 16.8 Å². The van der Waals surface area contributed by atoms with Gasteiger partial charge in [-0.3, -0.25) is 14.3 Å². The second kappa shape index (κ2) is 7.59. The number of rotatable bonds is 6. The minimum atomic E-state index is -4.35. The van der Waals surface area contributed by atoms with Crippen LogP contribution in [0, 0.1) is 6.92 Å². The topological polar surface area (TPSA) is 173 Å². The highest BCUT2D eigenvalue weighted by Crippen LogP contribution is 2.34. The largest absolute Gasteiger partial charge is 0.394 e. The highest BCUT2D eigenvalue weighted by molar-refractivity contribution is 7.87. The molecule has 0 bridgehead atoms. The van der Waals surface area contributed by atoms with Gasteiger partial charge in [0.05, 0.1) is 17.1 Å². The number of hydrogen-bond acceptors (Lipinski definition) is 9. The van der Waals surface area contributed by atoms with Crippen molar-refractivity contribution in [3.8, 4) is 10.6 Å². The Labute approximate surface area is 165 Å². The molecule has 0 atom stereocenters. The fourth-order valence-electron chi connectivity index (χ4n) is 2.64. The molecule has 0 saturated heterocycles. The predicted octanol–water partition coefficient (Wildman–Crippen LogP) is 1.77. The van der Waals surface area contributed by atoms with Crippen LogP contribution < -0.4 is 27.0 Å². The molecule has 8 N–H and O–H groups in total. The summed E-state index contributed by atoms with van der Waals surface area (Å²) >= 11 is 1.47. The zero-order valence-electron chi connectivity index (χ0n) is 14.8. The first-order valence-electron chi connectivity index (χ1n) is 7.98. The molecule has 2 heterocycles. The monoisotopic (exact) mass is 421 g/mol. The Kier molecular flexibility index (Phi) is 5.38. The molecular formula is C16H19N7O3S2. The Morgan fingerprint density at radius 3 is 2.61 bits per heavy atom. The van der Waals surface area contributed by atoms with E-state index in [2.05, 4.69) is 9.97 Å². The number of nitrogens with zero attached hydrogens (tertiary/aromatic N) is 3. The molecule has 10 nitrogen and oxygen atoms in total. The number of aryl methyl sites for hydroxylation is 1. The number of nitrogens with two attached hydrogens (primary N) is 3. The predicted molar refractivity (Wildman–Crippen MR) is 111 cm³/mol. The molecule has 148 valence electrons. The molecular weight excluding hydrogens is 402 g/mol. The number of nitrogens with one attached hydrogen (secondary N) is 1. The van der Waals surface area contributed by atoms with E-state index in [1.807, 2.05) is 22.2 Å². The van der Waals surface area contributed by atoms with Crippen LogP contribution in [0.4, 0.5) is 23.1 Å². The second-order valence-corrected chi connectivity index (χ2v) is 8.10. The van der Waals surface area contributed by atoms with Crippen molar-refractivity contribution in [3.63, 3.8) is 0 Å². The van der Waals surface area contributed by atoms with Gasteiger partial charge >= 0.3 is 10.3 Å². The average Bonchev–Trinajstić information content (AvgIpc) is 3.12. The minimum Gasteiger partial charge on any atom is -0.394 e. The van der Waals surface area contributed by atoms with Gasteiger partial charge in [-0.25, -0.2) is 10.8 Å². The summed E-state index contributed by atoms with van der Waals surface area (Å²) in [4.78, 5) is 9.20. The number of nitrogen functional groups attached to an aromatic ring is 2. The normalized spacial score (nSPS) is 11.4. The third kappa shape index (κ3) is 4.48. The molecule has 3 rings (SSSR count). The summed E-state index contributed by atoms with van der Waals surface area (Å²) < 4.78 is 32.9. The maximum Gasteiger partial charge on any atom is 0.357 e. The van der Waals surface area contributed by atoms with Crippen molar-refractivity contribution < 1.29 is 13.0 Å². The molecule has 0 aliphatic carbocycles. The first kappa shape index (κ1) is 19.8. The van der Waals surface area contributed by atoms with E-state index < -0.39 is 10.3 Å². The average molecular weight is 422 g/mol. The van der Waals surface area contributed by atoms with Crippen LogP contribution in [-0.4, -0.2) is 22.9 Å². The lowest BCUT2D eigenvalue weighted by Crippen LogP contribution is -2.32. The number of aromatic nitrogens is 2. The minimum absolute atomic E-state index is 0.0481. The summed E-state index contributed by atoms with van der Waals surface area (Å²) in [7, 11) is -4.35. The lowest BCUT2D eigenvalue weighted by atomic mass is 10.1. The van der Waals surface area contributed by atoms with E-state index in [1.54, 1.807) is 19.1 Å². The van der Waals surface area contributed by atoms with E-state index in [0.29, 0.717) is 16.9 Å². The number of hydrazine groups is 1. The number of anilines is 4. The standard InChI is InChI=1S/C16H19N7O3S2/c1-9-7-10(4-5-11(9)22-28(24,25)26)8-23(19)15-13(17)14(20-16(18)21-15)12-3-2-6-27-12/h2-7,22H,8,17,19H2,1H3,(H2,18,20,21)(H,24,25,26). The van der Waals surface area contributed by atoms with Crippen LogP contribution in [0.5, 0.6) is 0 Å². The van der Waals surface area contributed by atoms with Gasteiger partial charge in [0.1, 0.15) is 11.4 Å². The van der Waals surface area contributed by atoms with E-state index in [-0.39, 0.29) is 24.0 Å². The molecule has 0 saturated carbocycles. The smallest absolute Gasteiger partial charge is 0.357 e. The van der Waals surface area contributed by atoms with Crippen LogP contribution in [0.2, 0.25) is 0 Å². The Morgan fingerprint density at radius 1 is 1.25 bits per heavy atom. The third-order valence-corrected chi connectivity index (χ3v) is 5.21. The zero-order chi connectivity index (χ0) is 20.5. The molecule has 2 aromatic heterocycles. The Balaban J connectivity index is 1.87. The van der Waals surface area contributed by atoms with Crippen molar-refractivity contribution in [2.24, 2.45) is 5.84 Å². The Morgan fingerprint density at radius 2 is 2.00 bits per heavy atom. The van der Waals surface area contributed by atoms with Crippen LogP contribution in [0.1, 0.15) is 11.1 Å². The maximum absolute atomic E-state index is 11.0. The SMILES string of the molecule is Cc1cc(CN(N)c2nc(N)nc(-c3cccs3)c2N)ccc1NS(=O)(=O)O. The van der Waals surface area contributed by atoms with Crippen LogP contribution >= 0.6 is 11.3 Å². The highest BCUT2D eigenvalue weighted by atomic mass is 32.2. The molecule has 0 fully saturated rings. The number of hydrogen-bond donors (Lipinski definition) is 5. The molecule has 28 heavy (non-hydrogen) atoms. The van der Waals surface area contributed by atoms with E-state index in [1.165, 1.54) is 22.4 Å². The van der Waals surface area contributed by atoms with Gasteiger partial charge in [0.2, 0.25) is 5.95 Å². The summed E-state index contributed by atoms with van der Waals surface area (Å²) in [6, 6.07) is 8.68. The van der Waals surface area contributed by atoms with Gasteiger partial charge in [-0.2, -0.15) is 13.4 Å². The molecule has 0 radical (unpaired) electrons. The van der Waals surface area contributed by atoms with Gasteiger partial charge in [-0.15, -0.1) is 11.3 Å². The summed E-state index contributed by atoms with van der Waals surface area (Å²) in [6.45, 7) is 1.93. The molecule has 0 spiro atoms. The lowest BCUT2D eigenvalue weighted by Gasteiger charge is -2.21. The first-order valence-corrected chi connectivity index (χ1v) is 10.3. The van der Waals surface area contributed by atoms with Gasteiger partial charge < -0.3 is 11.5 Å². The van der Waals surface area contributed by atoms with Gasteiger partial charge in [0.25, 0.3) is 0 Å². The van der Waals surface area contributed by atoms with Crippen molar-refractivity contribution in [2.75, 3.05) is 21.2 Å². The third-order valence-electron chi connectivity index (χ3n) is 3.85. The van der Waals surface area contributed by atoms with Crippen molar-refractivity contribution in [3.05, 3.63) is 46.8 Å². The summed E-state index contributed by atoms with van der Waals surface area (Å²) in [6.07, 6.45) is 0. The summed E-state index contributed by atoms with van der Waals surface area (Å²) in [5.41, 5.74) is 14.5. The van der Waals surface area contributed by atoms with Gasteiger partial charge in [-0.1, -0.05) is 18.2 Å². The van der Waals surface area contributed by atoms with Crippen LogP contribution in [0.25, 0.3) is 10.6 Å². The highest BCUT2D eigenvalue weighted by Gasteiger charge is 2.17. The van der Waals surface area contributed by atoms with Gasteiger partial charge in [0.15, 0.2) is 5.82 Å². The van der Waals surface area contributed by atoms with Crippen molar-refractivity contribution >= 4 is 44.8 Å². The van der Waals surface area contributed by atoms with Crippen LogP contribution in [0.3, 0.4) is 0 Å². The van der Waals surface area contributed by atoms with Crippen LogP contribution in [0.15, 0.2) is 35.7 Å². The first-order chi connectivity index (χ1) is 13.1. The fourth-order valence-corrected chi connectivity index (χ4v) is 3.88. The van der Waals surface area contributed by atoms with E-state index >= 15 is 0 Å².